The lowest BCUT2D eigenvalue weighted by Gasteiger charge is -2.31. The maximum absolute atomic E-state index is 13.6. The summed E-state index contributed by atoms with van der Waals surface area (Å²) in [5.74, 6) is 1.15. The third-order valence-corrected chi connectivity index (χ3v) is 6.22. The molecule has 1 aliphatic carbocycles. The highest BCUT2D eigenvalue weighted by molar-refractivity contribution is 6.07. The number of amides is 1. The van der Waals surface area contributed by atoms with Crippen molar-refractivity contribution in [2.45, 2.75) is 51.9 Å². The van der Waals surface area contributed by atoms with Gasteiger partial charge >= 0.3 is 0 Å². The molecule has 1 saturated carbocycles. The van der Waals surface area contributed by atoms with Crippen molar-refractivity contribution >= 4 is 16.9 Å². The summed E-state index contributed by atoms with van der Waals surface area (Å²) in [4.78, 5) is 20.6. The van der Waals surface area contributed by atoms with E-state index < -0.39 is 0 Å². The van der Waals surface area contributed by atoms with Crippen LogP contribution in [-0.2, 0) is 6.42 Å². The molecule has 29 heavy (non-hydrogen) atoms. The van der Waals surface area contributed by atoms with Gasteiger partial charge < -0.3 is 4.90 Å². The van der Waals surface area contributed by atoms with Crippen molar-refractivity contribution in [3.8, 4) is 5.69 Å². The smallest absolute Gasteiger partial charge is 0.254 e. The van der Waals surface area contributed by atoms with Gasteiger partial charge in [-0.1, -0.05) is 32.0 Å². The summed E-state index contributed by atoms with van der Waals surface area (Å²) >= 11 is 0. The number of rotatable bonds is 4. The van der Waals surface area contributed by atoms with Crippen LogP contribution < -0.4 is 0 Å². The maximum Gasteiger partial charge on any atom is 0.254 e. The minimum atomic E-state index is 0.146. The molecule has 1 atom stereocenters. The molecule has 5 rings (SSSR count). The molecule has 1 aliphatic heterocycles. The summed E-state index contributed by atoms with van der Waals surface area (Å²) < 4.78 is 1.94. The lowest BCUT2D eigenvalue weighted by atomic mass is 9.98. The van der Waals surface area contributed by atoms with E-state index in [1.54, 1.807) is 0 Å². The molecule has 0 bridgehead atoms. The Hall–Kier alpha value is -2.69. The van der Waals surface area contributed by atoms with Gasteiger partial charge in [-0.15, -0.1) is 0 Å². The molecule has 1 aromatic carbocycles. The first-order valence-electron chi connectivity index (χ1n) is 10.9. The van der Waals surface area contributed by atoms with Gasteiger partial charge in [-0.25, -0.2) is 9.67 Å². The minimum Gasteiger partial charge on any atom is -0.338 e. The average Bonchev–Trinajstić information content (AvgIpc) is 3.53. The SMILES string of the molecule is CCc1cc(C(=O)N2CCCC(C)C2)c2c(C3CC3)nn(-c3ccccc3)c2n1. The molecular formula is C24H28N4O. The largest absolute Gasteiger partial charge is 0.338 e. The quantitative estimate of drug-likeness (QED) is 0.649. The van der Waals surface area contributed by atoms with Crippen molar-refractivity contribution < 1.29 is 4.79 Å². The number of fused-ring (bicyclic) bond motifs is 1. The summed E-state index contributed by atoms with van der Waals surface area (Å²) in [6.07, 6.45) is 5.37. The molecule has 0 spiro atoms. The van der Waals surface area contributed by atoms with Gasteiger partial charge in [0.05, 0.1) is 22.3 Å². The van der Waals surface area contributed by atoms with Crippen molar-refractivity contribution in [3.63, 3.8) is 0 Å². The predicted molar refractivity (Wildman–Crippen MR) is 115 cm³/mol. The standard InChI is InChI=1S/C24H28N4O/c1-3-18-14-20(24(29)27-13-7-8-16(2)15-27)21-22(17-11-12-17)26-28(23(21)25-18)19-9-5-4-6-10-19/h4-6,9-10,14,16-17H,3,7-8,11-13,15H2,1-2H3. The minimum absolute atomic E-state index is 0.146. The second-order valence-electron chi connectivity index (χ2n) is 8.62. The zero-order chi connectivity index (χ0) is 20.0. The van der Waals surface area contributed by atoms with Crippen molar-refractivity contribution in [3.05, 3.63) is 53.3 Å². The summed E-state index contributed by atoms with van der Waals surface area (Å²) in [6.45, 7) is 6.02. The number of benzene rings is 1. The molecule has 1 saturated heterocycles. The second-order valence-corrected chi connectivity index (χ2v) is 8.62. The summed E-state index contributed by atoms with van der Waals surface area (Å²) in [5.41, 5.74) is 4.61. The predicted octanol–water partition coefficient (Wildman–Crippen LogP) is 4.73. The highest BCUT2D eigenvalue weighted by Gasteiger charge is 2.33. The molecule has 3 aromatic rings. The fourth-order valence-corrected chi connectivity index (χ4v) is 4.48. The van der Waals surface area contributed by atoms with Crippen LogP contribution >= 0.6 is 0 Å². The number of pyridine rings is 1. The Morgan fingerprint density at radius 3 is 2.66 bits per heavy atom. The van der Waals surface area contributed by atoms with Crippen molar-refractivity contribution in [2.24, 2.45) is 5.92 Å². The fourth-order valence-electron chi connectivity index (χ4n) is 4.48. The maximum atomic E-state index is 13.6. The zero-order valence-corrected chi connectivity index (χ0v) is 17.3. The number of likely N-dealkylation sites (tertiary alicyclic amines) is 1. The monoisotopic (exact) mass is 388 g/mol. The molecule has 2 aliphatic rings. The van der Waals surface area contributed by atoms with Gasteiger partial charge in [-0.3, -0.25) is 4.79 Å². The summed E-state index contributed by atoms with van der Waals surface area (Å²) in [6, 6.07) is 12.2. The first-order chi connectivity index (χ1) is 14.2. The van der Waals surface area contributed by atoms with Crippen LogP contribution in [0.25, 0.3) is 16.7 Å². The van der Waals surface area contributed by atoms with Crippen LogP contribution in [0.15, 0.2) is 36.4 Å². The van der Waals surface area contributed by atoms with Crippen LogP contribution in [0.2, 0.25) is 0 Å². The highest BCUT2D eigenvalue weighted by Crippen LogP contribution is 2.44. The number of hydrogen-bond donors (Lipinski definition) is 0. The van der Waals surface area contributed by atoms with E-state index in [0.29, 0.717) is 11.8 Å². The van der Waals surface area contributed by atoms with E-state index in [1.807, 2.05) is 33.8 Å². The number of hydrogen-bond acceptors (Lipinski definition) is 3. The molecule has 0 N–H and O–H groups in total. The summed E-state index contributed by atoms with van der Waals surface area (Å²) in [5, 5.41) is 5.95. The van der Waals surface area contributed by atoms with Gasteiger partial charge in [0.25, 0.3) is 5.91 Å². The van der Waals surface area contributed by atoms with Crippen LogP contribution in [0.3, 0.4) is 0 Å². The Labute approximate surface area is 171 Å². The first-order valence-corrected chi connectivity index (χ1v) is 10.9. The lowest BCUT2D eigenvalue weighted by molar-refractivity contribution is 0.0685. The normalized spacial score (nSPS) is 19.7. The molecule has 1 unspecified atom stereocenters. The molecule has 1 amide bonds. The molecule has 5 heteroatoms. The molecule has 2 aromatic heterocycles. The number of nitrogens with zero attached hydrogens (tertiary/aromatic N) is 4. The highest BCUT2D eigenvalue weighted by atomic mass is 16.2. The van der Waals surface area contributed by atoms with Crippen molar-refractivity contribution in [2.75, 3.05) is 13.1 Å². The number of aromatic nitrogens is 3. The van der Waals surface area contributed by atoms with Crippen LogP contribution in [0.4, 0.5) is 0 Å². The van der Waals surface area contributed by atoms with E-state index in [-0.39, 0.29) is 5.91 Å². The fraction of sp³-hybridized carbons (Fsp3) is 0.458. The Kier molecular flexibility index (Phi) is 4.61. The summed E-state index contributed by atoms with van der Waals surface area (Å²) in [7, 11) is 0. The van der Waals surface area contributed by atoms with Gasteiger partial charge in [0.15, 0.2) is 5.65 Å². The Morgan fingerprint density at radius 1 is 1.17 bits per heavy atom. The van der Waals surface area contributed by atoms with Crippen molar-refractivity contribution in [1.29, 1.82) is 0 Å². The Morgan fingerprint density at radius 2 is 1.97 bits per heavy atom. The number of piperidine rings is 1. The van der Waals surface area contributed by atoms with Gasteiger partial charge in [0.2, 0.25) is 0 Å². The lowest BCUT2D eigenvalue weighted by Crippen LogP contribution is -2.39. The van der Waals surface area contributed by atoms with E-state index in [1.165, 1.54) is 6.42 Å². The van der Waals surface area contributed by atoms with E-state index in [9.17, 15) is 4.79 Å². The first kappa shape index (κ1) is 18.3. The topological polar surface area (TPSA) is 51.0 Å². The number of para-hydroxylation sites is 1. The van der Waals surface area contributed by atoms with Gasteiger partial charge in [0.1, 0.15) is 0 Å². The van der Waals surface area contributed by atoms with Crippen LogP contribution in [0, 0.1) is 5.92 Å². The average molecular weight is 389 g/mol. The molecule has 0 radical (unpaired) electrons. The Bertz CT molecular complexity index is 1050. The molecular weight excluding hydrogens is 360 g/mol. The zero-order valence-electron chi connectivity index (χ0n) is 17.3. The van der Waals surface area contributed by atoms with E-state index >= 15 is 0 Å². The molecule has 5 nitrogen and oxygen atoms in total. The van der Waals surface area contributed by atoms with Crippen LogP contribution in [0.5, 0.6) is 0 Å². The van der Waals surface area contributed by atoms with Gasteiger partial charge in [-0.2, -0.15) is 5.10 Å². The number of carbonyl (C=O) groups is 1. The van der Waals surface area contributed by atoms with E-state index in [2.05, 4.69) is 26.0 Å². The third-order valence-electron chi connectivity index (χ3n) is 6.22. The number of carbonyl (C=O) groups excluding carboxylic acids is 1. The number of aryl methyl sites for hydroxylation is 1. The third kappa shape index (κ3) is 3.33. The second kappa shape index (κ2) is 7.29. The van der Waals surface area contributed by atoms with E-state index in [0.717, 1.165) is 72.4 Å². The van der Waals surface area contributed by atoms with Gasteiger partial charge in [-0.05, 0) is 56.2 Å². The van der Waals surface area contributed by atoms with Crippen molar-refractivity contribution in [1.82, 2.24) is 19.7 Å². The Balaban J connectivity index is 1.71. The molecule has 3 heterocycles. The molecule has 150 valence electrons. The molecule has 2 fully saturated rings. The van der Waals surface area contributed by atoms with Crippen LogP contribution in [0.1, 0.15) is 67.2 Å². The van der Waals surface area contributed by atoms with E-state index in [4.69, 9.17) is 10.1 Å². The van der Waals surface area contributed by atoms with Crippen LogP contribution in [-0.4, -0.2) is 38.7 Å². The van der Waals surface area contributed by atoms with Gasteiger partial charge in [0, 0.05) is 24.7 Å².